The van der Waals surface area contributed by atoms with Gasteiger partial charge in [-0.15, -0.1) is 0 Å². The van der Waals surface area contributed by atoms with E-state index in [1.807, 2.05) is 0 Å². The zero-order valence-corrected chi connectivity index (χ0v) is 8.73. The molecule has 1 saturated heterocycles. The van der Waals surface area contributed by atoms with Crippen molar-refractivity contribution in [3.05, 3.63) is 0 Å². The molecule has 0 amide bonds. The summed E-state index contributed by atoms with van der Waals surface area (Å²) in [5.41, 5.74) is 0. The molecular formula is C9H18O2S. The van der Waals surface area contributed by atoms with Crippen LogP contribution in [-0.2, 0) is 9.84 Å². The summed E-state index contributed by atoms with van der Waals surface area (Å²) in [7, 11) is -2.69. The summed E-state index contributed by atoms with van der Waals surface area (Å²) < 4.78 is 22.6. The molecule has 0 aromatic rings. The van der Waals surface area contributed by atoms with Crippen LogP contribution in [0.15, 0.2) is 0 Å². The minimum atomic E-state index is -2.69. The molecule has 2 unspecified atom stereocenters. The quantitative estimate of drug-likeness (QED) is 0.666. The Morgan fingerprint density at radius 3 is 2.25 bits per heavy atom. The summed E-state index contributed by atoms with van der Waals surface area (Å²) in [5, 5.41) is 0. The smallest absolute Gasteiger partial charge is 0.150 e. The van der Waals surface area contributed by atoms with Gasteiger partial charge in [0, 0.05) is 0 Å². The van der Waals surface area contributed by atoms with Gasteiger partial charge in [-0.3, -0.25) is 0 Å². The molecule has 0 aromatic heterocycles. The molecule has 0 aliphatic carbocycles. The fourth-order valence-corrected chi connectivity index (χ4v) is 4.09. The first-order valence-corrected chi connectivity index (χ1v) is 6.61. The summed E-state index contributed by atoms with van der Waals surface area (Å²) in [5.74, 6) is 1.93. The maximum Gasteiger partial charge on any atom is 0.150 e. The zero-order chi connectivity index (χ0) is 9.19. The van der Waals surface area contributed by atoms with Gasteiger partial charge in [-0.05, 0) is 18.3 Å². The number of hydrogen-bond acceptors (Lipinski definition) is 2. The third-order valence-electron chi connectivity index (χ3n) is 2.98. The van der Waals surface area contributed by atoms with Crippen molar-refractivity contribution < 1.29 is 8.42 Å². The van der Waals surface area contributed by atoms with E-state index in [1.165, 1.54) is 0 Å². The Kier molecular flexibility index (Phi) is 3.16. The third-order valence-corrected chi connectivity index (χ3v) is 4.78. The van der Waals surface area contributed by atoms with Gasteiger partial charge in [0.2, 0.25) is 0 Å². The molecule has 3 heteroatoms. The Hall–Kier alpha value is -0.0500. The van der Waals surface area contributed by atoms with Gasteiger partial charge >= 0.3 is 0 Å². The topological polar surface area (TPSA) is 34.1 Å². The minimum absolute atomic E-state index is 0.419. The van der Waals surface area contributed by atoms with Crippen LogP contribution in [0.5, 0.6) is 0 Å². The average molecular weight is 190 g/mol. The van der Waals surface area contributed by atoms with E-state index in [2.05, 4.69) is 13.8 Å². The van der Waals surface area contributed by atoms with Gasteiger partial charge in [-0.25, -0.2) is 8.42 Å². The van der Waals surface area contributed by atoms with Crippen molar-refractivity contribution in [2.75, 3.05) is 11.5 Å². The van der Waals surface area contributed by atoms with Crippen LogP contribution in [0.25, 0.3) is 0 Å². The second-order valence-electron chi connectivity index (χ2n) is 3.74. The van der Waals surface area contributed by atoms with E-state index in [-0.39, 0.29) is 0 Å². The van der Waals surface area contributed by atoms with E-state index in [1.54, 1.807) is 0 Å². The van der Waals surface area contributed by atoms with Crippen LogP contribution < -0.4 is 0 Å². The second kappa shape index (κ2) is 3.77. The highest BCUT2D eigenvalue weighted by molar-refractivity contribution is 7.91. The number of hydrogen-bond donors (Lipinski definition) is 0. The predicted molar refractivity (Wildman–Crippen MR) is 50.8 cm³/mol. The van der Waals surface area contributed by atoms with E-state index in [0.29, 0.717) is 23.3 Å². The van der Waals surface area contributed by atoms with E-state index in [4.69, 9.17) is 0 Å². The molecule has 0 spiro atoms. The van der Waals surface area contributed by atoms with E-state index < -0.39 is 9.84 Å². The molecule has 1 aliphatic rings. The van der Waals surface area contributed by atoms with Crippen LogP contribution in [0, 0.1) is 11.8 Å². The lowest BCUT2D eigenvalue weighted by Gasteiger charge is -2.29. The average Bonchev–Trinajstić information content (AvgIpc) is 2.03. The van der Waals surface area contributed by atoms with Crippen molar-refractivity contribution >= 4 is 9.84 Å². The van der Waals surface area contributed by atoms with Crippen LogP contribution in [0.2, 0.25) is 0 Å². The van der Waals surface area contributed by atoms with Crippen molar-refractivity contribution in [2.45, 2.75) is 33.1 Å². The Labute approximate surface area is 75.3 Å². The second-order valence-corrected chi connectivity index (χ2v) is 5.97. The van der Waals surface area contributed by atoms with Crippen molar-refractivity contribution in [3.63, 3.8) is 0 Å². The molecule has 0 radical (unpaired) electrons. The summed E-state index contributed by atoms with van der Waals surface area (Å²) in [6.07, 6.45) is 3.03. The molecule has 0 N–H and O–H groups in total. The number of sulfone groups is 1. The summed E-state index contributed by atoms with van der Waals surface area (Å²) >= 11 is 0. The molecule has 1 rings (SSSR count). The Bertz CT molecular complexity index is 231. The summed E-state index contributed by atoms with van der Waals surface area (Å²) in [6, 6.07) is 0. The number of rotatable bonds is 2. The molecule has 1 heterocycles. The van der Waals surface area contributed by atoms with Crippen molar-refractivity contribution in [3.8, 4) is 0 Å². The van der Waals surface area contributed by atoms with Crippen LogP contribution in [0.4, 0.5) is 0 Å². The monoisotopic (exact) mass is 190 g/mol. The largest absolute Gasteiger partial charge is 0.229 e. The first-order chi connectivity index (χ1) is 5.59. The van der Waals surface area contributed by atoms with E-state index in [0.717, 1.165) is 19.3 Å². The van der Waals surface area contributed by atoms with Crippen molar-refractivity contribution in [1.82, 2.24) is 0 Å². The van der Waals surface area contributed by atoms with Gasteiger partial charge < -0.3 is 0 Å². The highest BCUT2D eigenvalue weighted by atomic mass is 32.2. The maximum absolute atomic E-state index is 11.3. The highest BCUT2D eigenvalue weighted by Gasteiger charge is 2.30. The minimum Gasteiger partial charge on any atom is -0.229 e. The first kappa shape index (κ1) is 10.0. The molecule has 72 valence electrons. The fraction of sp³-hybridized carbons (Fsp3) is 1.00. The first-order valence-electron chi connectivity index (χ1n) is 4.79. The van der Waals surface area contributed by atoms with Gasteiger partial charge in [0.25, 0.3) is 0 Å². The molecule has 2 atom stereocenters. The normalized spacial score (nSPS) is 34.8. The molecule has 1 aliphatic heterocycles. The van der Waals surface area contributed by atoms with Gasteiger partial charge in [0.1, 0.15) is 0 Å². The summed E-state index contributed by atoms with van der Waals surface area (Å²) in [6.45, 7) is 4.25. The molecule has 0 aromatic carbocycles. The van der Waals surface area contributed by atoms with Crippen LogP contribution >= 0.6 is 0 Å². The van der Waals surface area contributed by atoms with E-state index in [9.17, 15) is 8.42 Å². The van der Waals surface area contributed by atoms with Crippen LogP contribution in [-0.4, -0.2) is 19.9 Å². The van der Waals surface area contributed by atoms with Crippen molar-refractivity contribution in [2.24, 2.45) is 11.8 Å². The molecular weight excluding hydrogens is 172 g/mol. The molecule has 0 saturated carbocycles. The van der Waals surface area contributed by atoms with Crippen molar-refractivity contribution in [1.29, 1.82) is 0 Å². The lowest BCUT2D eigenvalue weighted by molar-refractivity contribution is 0.316. The lowest BCUT2D eigenvalue weighted by Crippen LogP contribution is -2.31. The predicted octanol–water partition coefficient (Wildman–Crippen LogP) is 1.86. The Morgan fingerprint density at radius 2 is 1.75 bits per heavy atom. The SMILES string of the molecule is CCC1CCS(=O)(=O)CC1CC. The highest BCUT2D eigenvalue weighted by Crippen LogP contribution is 2.29. The third kappa shape index (κ3) is 2.22. The standard InChI is InChI=1S/C9H18O2S/c1-3-8-5-6-12(10,11)7-9(8)4-2/h8-9H,3-7H2,1-2H3. The van der Waals surface area contributed by atoms with Gasteiger partial charge in [0.05, 0.1) is 11.5 Å². The lowest BCUT2D eigenvalue weighted by atomic mass is 9.87. The molecule has 12 heavy (non-hydrogen) atoms. The van der Waals surface area contributed by atoms with Gasteiger partial charge in [-0.1, -0.05) is 26.7 Å². The summed E-state index contributed by atoms with van der Waals surface area (Å²) in [4.78, 5) is 0. The Balaban J connectivity index is 2.66. The molecule has 1 fully saturated rings. The Morgan fingerprint density at radius 1 is 1.17 bits per heavy atom. The maximum atomic E-state index is 11.3. The van der Waals surface area contributed by atoms with E-state index >= 15 is 0 Å². The van der Waals surface area contributed by atoms with Crippen LogP contribution in [0.3, 0.4) is 0 Å². The molecule has 2 nitrogen and oxygen atoms in total. The van der Waals surface area contributed by atoms with Gasteiger partial charge in [0.15, 0.2) is 9.84 Å². The van der Waals surface area contributed by atoms with Gasteiger partial charge in [-0.2, -0.15) is 0 Å². The fourth-order valence-electron chi connectivity index (χ4n) is 2.10. The molecule has 0 bridgehead atoms. The van der Waals surface area contributed by atoms with Crippen LogP contribution in [0.1, 0.15) is 33.1 Å². The zero-order valence-electron chi connectivity index (χ0n) is 7.91.